The van der Waals surface area contributed by atoms with E-state index in [9.17, 15) is 4.79 Å². The number of carbonyl (C=O) groups excluding carboxylic acids is 1. The molecule has 0 unspecified atom stereocenters. The van der Waals surface area contributed by atoms with Crippen LogP contribution in [0.2, 0.25) is 0 Å². The highest BCUT2D eigenvalue weighted by molar-refractivity contribution is 7.10. The van der Waals surface area contributed by atoms with Gasteiger partial charge in [-0.05, 0) is 42.5 Å². The first kappa shape index (κ1) is 14.9. The molecule has 0 bridgehead atoms. The molecule has 0 radical (unpaired) electrons. The molecule has 0 aliphatic carbocycles. The number of nitrogens with zero attached hydrogens (tertiary/aromatic N) is 1. The molecule has 4 nitrogen and oxygen atoms in total. The first-order valence-electron chi connectivity index (χ1n) is 7.31. The normalized spacial score (nSPS) is 17.5. The summed E-state index contributed by atoms with van der Waals surface area (Å²) in [5, 5.41) is 2.06. The largest absolute Gasteiger partial charge is 0.493 e. The van der Waals surface area contributed by atoms with Gasteiger partial charge in [-0.15, -0.1) is 11.3 Å². The van der Waals surface area contributed by atoms with E-state index in [0.29, 0.717) is 17.1 Å². The van der Waals surface area contributed by atoms with E-state index in [1.165, 1.54) is 4.88 Å². The molecule has 1 aromatic carbocycles. The van der Waals surface area contributed by atoms with Crippen molar-refractivity contribution in [1.82, 2.24) is 4.90 Å². The number of thiophene rings is 1. The van der Waals surface area contributed by atoms with Crippen LogP contribution < -0.4 is 9.47 Å². The highest BCUT2D eigenvalue weighted by Gasteiger charge is 2.31. The molecular weight excluding hydrogens is 298 g/mol. The second kappa shape index (κ2) is 6.40. The summed E-state index contributed by atoms with van der Waals surface area (Å²) in [6.07, 6.45) is 2.07. The quantitative estimate of drug-likeness (QED) is 0.862. The van der Waals surface area contributed by atoms with Crippen molar-refractivity contribution in [3.05, 3.63) is 46.2 Å². The summed E-state index contributed by atoms with van der Waals surface area (Å²) >= 11 is 1.71. The van der Waals surface area contributed by atoms with Crippen molar-refractivity contribution < 1.29 is 14.3 Å². The molecule has 116 valence electrons. The third kappa shape index (κ3) is 2.68. The predicted molar refractivity (Wildman–Crippen MR) is 86.9 cm³/mol. The summed E-state index contributed by atoms with van der Waals surface area (Å²) in [6, 6.07) is 9.67. The molecule has 5 heteroatoms. The van der Waals surface area contributed by atoms with Crippen LogP contribution in [0.15, 0.2) is 35.7 Å². The van der Waals surface area contributed by atoms with Crippen molar-refractivity contribution in [3.63, 3.8) is 0 Å². The maximum Gasteiger partial charge on any atom is 0.254 e. The van der Waals surface area contributed by atoms with Crippen molar-refractivity contribution in [2.24, 2.45) is 0 Å². The van der Waals surface area contributed by atoms with Crippen molar-refractivity contribution in [1.29, 1.82) is 0 Å². The van der Waals surface area contributed by atoms with Gasteiger partial charge in [0.2, 0.25) is 0 Å². The molecule has 0 saturated carbocycles. The molecule has 1 aromatic heterocycles. The Morgan fingerprint density at radius 2 is 2.05 bits per heavy atom. The van der Waals surface area contributed by atoms with E-state index in [1.807, 2.05) is 11.0 Å². The predicted octanol–water partition coefficient (Wildman–Crippen LogP) is 3.74. The molecule has 1 aliphatic rings. The van der Waals surface area contributed by atoms with Crippen LogP contribution in [-0.4, -0.2) is 31.6 Å². The number of hydrogen-bond donors (Lipinski definition) is 0. The van der Waals surface area contributed by atoms with Crippen molar-refractivity contribution in [3.8, 4) is 11.5 Å². The van der Waals surface area contributed by atoms with Crippen LogP contribution in [0, 0.1) is 0 Å². The average molecular weight is 317 g/mol. The van der Waals surface area contributed by atoms with Crippen LogP contribution in [0.25, 0.3) is 0 Å². The lowest BCUT2D eigenvalue weighted by Crippen LogP contribution is -2.30. The van der Waals surface area contributed by atoms with Gasteiger partial charge in [-0.2, -0.15) is 0 Å². The van der Waals surface area contributed by atoms with Crippen LogP contribution in [-0.2, 0) is 0 Å². The number of likely N-dealkylation sites (tertiary alicyclic amines) is 1. The Bertz CT molecular complexity index is 654. The average Bonchev–Trinajstić information content (AvgIpc) is 3.23. The van der Waals surface area contributed by atoms with Gasteiger partial charge in [-0.25, -0.2) is 0 Å². The van der Waals surface area contributed by atoms with E-state index in [1.54, 1.807) is 43.8 Å². The molecule has 1 amide bonds. The summed E-state index contributed by atoms with van der Waals surface area (Å²) in [5.74, 6) is 1.27. The topological polar surface area (TPSA) is 38.8 Å². The van der Waals surface area contributed by atoms with Gasteiger partial charge in [0.05, 0.1) is 20.3 Å². The van der Waals surface area contributed by atoms with Gasteiger partial charge < -0.3 is 14.4 Å². The van der Waals surface area contributed by atoms with E-state index in [4.69, 9.17) is 9.47 Å². The number of methoxy groups -OCH3 is 2. The standard InChI is InChI=1S/C17H19NO3S/c1-20-14-8-7-12(11-15(14)21-2)17(19)18-9-3-5-13(18)16-6-4-10-22-16/h4,6-8,10-11,13H,3,5,9H2,1-2H3/t13-/m1/s1. The number of benzene rings is 1. The molecule has 0 N–H and O–H groups in total. The van der Waals surface area contributed by atoms with Gasteiger partial charge in [-0.1, -0.05) is 6.07 Å². The van der Waals surface area contributed by atoms with Crippen LogP contribution in [0.5, 0.6) is 11.5 Å². The van der Waals surface area contributed by atoms with Gasteiger partial charge >= 0.3 is 0 Å². The van der Waals surface area contributed by atoms with Gasteiger partial charge in [0.25, 0.3) is 5.91 Å². The molecule has 1 fully saturated rings. The van der Waals surface area contributed by atoms with Crippen LogP contribution in [0.4, 0.5) is 0 Å². The van der Waals surface area contributed by atoms with Crippen LogP contribution >= 0.6 is 11.3 Å². The fourth-order valence-electron chi connectivity index (χ4n) is 2.92. The molecule has 2 aromatic rings. The zero-order valence-corrected chi connectivity index (χ0v) is 13.6. The Hall–Kier alpha value is -2.01. The highest BCUT2D eigenvalue weighted by Crippen LogP contribution is 2.36. The van der Waals surface area contributed by atoms with Gasteiger partial charge in [0.1, 0.15) is 0 Å². The molecule has 1 aliphatic heterocycles. The van der Waals surface area contributed by atoms with Crippen molar-refractivity contribution in [2.75, 3.05) is 20.8 Å². The van der Waals surface area contributed by atoms with Crippen molar-refractivity contribution in [2.45, 2.75) is 18.9 Å². The zero-order chi connectivity index (χ0) is 15.5. The van der Waals surface area contributed by atoms with Crippen LogP contribution in [0.1, 0.15) is 34.1 Å². The van der Waals surface area contributed by atoms with E-state index in [0.717, 1.165) is 19.4 Å². The second-order valence-electron chi connectivity index (χ2n) is 5.24. The number of ether oxygens (including phenoxy) is 2. The number of carbonyl (C=O) groups is 1. The van der Waals surface area contributed by atoms with E-state index < -0.39 is 0 Å². The molecular formula is C17H19NO3S. The van der Waals surface area contributed by atoms with E-state index in [-0.39, 0.29) is 11.9 Å². The minimum absolute atomic E-state index is 0.0526. The fraction of sp³-hybridized carbons (Fsp3) is 0.353. The maximum atomic E-state index is 12.9. The highest BCUT2D eigenvalue weighted by atomic mass is 32.1. The molecule has 3 rings (SSSR count). The van der Waals surface area contributed by atoms with Crippen LogP contribution in [0.3, 0.4) is 0 Å². The van der Waals surface area contributed by atoms with Gasteiger partial charge in [0, 0.05) is 17.0 Å². The monoisotopic (exact) mass is 317 g/mol. The SMILES string of the molecule is COc1ccc(C(=O)N2CCC[C@@H]2c2cccs2)cc1OC. The Morgan fingerprint density at radius 1 is 1.23 bits per heavy atom. The third-order valence-corrected chi connectivity index (χ3v) is 4.99. The molecule has 0 spiro atoms. The number of amides is 1. The number of hydrogen-bond acceptors (Lipinski definition) is 4. The number of rotatable bonds is 4. The van der Waals surface area contributed by atoms with Gasteiger partial charge in [0.15, 0.2) is 11.5 Å². The fourth-order valence-corrected chi connectivity index (χ4v) is 3.80. The first-order chi connectivity index (χ1) is 10.7. The lowest BCUT2D eigenvalue weighted by molar-refractivity contribution is 0.0737. The Morgan fingerprint density at radius 3 is 2.73 bits per heavy atom. The summed E-state index contributed by atoms with van der Waals surface area (Å²) in [5.41, 5.74) is 0.640. The Kier molecular flexibility index (Phi) is 4.34. The Labute approximate surface area is 134 Å². The smallest absolute Gasteiger partial charge is 0.254 e. The van der Waals surface area contributed by atoms with E-state index in [2.05, 4.69) is 11.4 Å². The molecule has 1 saturated heterocycles. The molecule has 1 atom stereocenters. The minimum Gasteiger partial charge on any atom is -0.493 e. The van der Waals surface area contributed by atoms with Crippen molar-refractivity contribution >= 4 is 17.2 Å². The Balaban J connectivity index is 1.87. The molecule has 2 heterocycles. The minimum atomic E-state index is 0.0526. The maximum absolute atomic E-state index is 12.9. The summed E-state index contributed by atoms with van der Waals surface area (Å²) in [6.45, 7) is 0.801. The van der Waals surface area contributed by atoms with E-state index >= 15 is 0 Å². The molecule has 22 heavy (non-hydrogen) atoms. The lowest BCUT2D eigenvalue weighted by Gasteiger charge is -2.24. The summed E-state index contributed by atoms with van der Waals surface area (Å²) in [7, 11) is 3.17. The summed E-state index contributed by atoms with van der Waals surface area (Å²) < 4.78 is 10.5. The van der Waals surface area contributed by atoms with Gasteiger partial charge in [-0.3, -0.25) is 4.79 Å². The second-order valence-corrected chi connectivity index (χ2v) is 6.22. The lowest BCUT2D eigenvalue weighted by atomic mass is 10.1. The zero-order valence-electron chi connectivity index (χ0n) is 12.7. The first-order valence-corrected chi connectivity index (χ1v) is 8.19. The third-order valence-electron chi connectivity index (χ3n) is 4.02. The summed E-state index contributed by atoms with van der Waals surface area (Å²) in [4.78, 5) is 16.1.